The van der Waals surface area contributed by atoms with Gasteiger partial charge in [-0.15, -0.1) is 0 Å². The fourth-order valence-electron chi connectivity index (χ4n) is 2.81. The van der Waals surface area contributed by atoms with Gasteiger partial charge in [0.05, 0.1) is 11.0 Å². The van der Waals surface area contributed by atoms with Crippen molar-refractivity contribution < 1.29 is 22.7 Å². The number of piperazine rings is 1. The summed E-state index contributed by atoms with van der Waals surface area (Å²) in [6.45, 7) is 1.24. The molecule has 3 rings (SSSR count). The minimum Gasteiger partial charge on any atom is -0.545 e. The highest BCUT2D eigenvalue weighted by atomic mass is 35.5. The van der Waals surface area contributed by atoms with Gasteiger partial charge in [-0.1, -0.05) is 17.7 Å². The van der Waals surface area contributed by atoms with Gasteiger partial charge < -0.3 is 14.8 Å². The van der Waals surface area contributed by atoms with Crippen LogP contribution in [0.5, 0.6) is 0 Å². The minimum atomic E-state index is -3.94. The van der Waals surface area contributed by atoms with E-state index in [2.05, 4.69) is 0 Å². The molecule has 26 heavy (non-hydrogen) atoms. The van der Waals surface area contributed by atoms with Crippen molar-refractivity contribution in [2.45, 2.75) is 4.90 Å². The van der Waals surface area contributed by atoms with Crippen LogP contribution in [0.1, 0.15) is 10.4 Å². The number of carbonyl (C=O) groups is 1. The van der Waals surface area contributed by atoms with E-state index in [4.69, 9.17) is 11.6 Å². The minimum absolute atomic E-state index is 0.0454. The molecule has 0 aliphatic carbocycles. The number of carboxylic acids is 1. The number of anilines is 1. The second kappa shape index (κ2) is 7.22. The highest BCUT2D eigenvalue weighted by Crippen LogP contribution is 2.27. The Hall–Kier alpha value is -2.16. The van der Waals surface area contributed by atoms with E-state index in [1.807, 2.05) is 4.90 Å². The van der Waals surface area contributed by atoms with E-state index >= 15 is 0 Å². The topological polar surface area (TPSA) is 80.7 Å². The summed E-state index contributed by atoms with van der Waals surface area (Å²) in [7, 11) is -3.94. The number of benzene rings is 2. The average Bonchev–Trinajstić information content (AvgIpc) is 2.62. The molecule has 138 valence electrons. The fourth-order valence-corrected chi connectivity index (χ4v) is 4.73. The van der Waals surface area contributed by atoms with Gasteiger partial charge in [0.2, 0.25) is 10.0 Å². The van der Waals surface area contributed by atoms with Crippen molar-refractivity contribution >= 4 is 33.3 Å². The quantitative estimate of drug-likeness (QED) is 0.778. The molecule has 0 atom stereocenters. The van der Waals surface area contributed by atoms with Crippen molar-refractivity contribution in [1.82, 2.24) is 4.31 Å². The van der Waals surface area contributed by atoms with Gasteiger partial charge in [-0.25, -0.2) is 12.8 Å². The van der Waals surface area contributed by atoms with Crippen molar-refractivity contribution in [2.24, 2.45) is 0 Å². The zero-order chi connectivity index (χ0) is 18.9. The lowest BCUT2D eigenvalue weighted by Gasteiger charge is -2.35. The number of carbonyl (C=O) groups excluding carboxylic acids is 1. The lowest BCUT2D eigenvalue weighted by molar-refractivity contribution is -0.255. The molecule has 2 aromatic rings. The highest BCUT2D eigenvalue weighted by molar-refractivity contribution is 7.89. The lowest BCUT2D eigenvalue weighted by Crippen LogP contribution is -2.48. The normalized spacial score (nSPS) is 15.8. The third-order valence-electron chi connectivity index (χ3n) is 4.22. The monoisotopic (exact) mass is 397 g/mol. The lowest BCUT2D eigenvalue weighted by atomic mass is 10.2. The maximum absolute atomic E-state index is 13.0. The molecule has 6 nitrogen and oxygen atoms in total. The van der Waals surface area contributed by atoms with Crippen LogP contribution >= 0.6 is 11.6 Å². The number of hydrogen-bond donors (Lipinski definition) is 0. The average molecular weight is 398 g/mol. The van der Waals surface area contributed by atoms with Crippen molar-refractivity contribution in [3.05, 3.63) is 58.9 Å². The van der Waals surface area contributed by atoms with Crippen LogP contribution in [-0.2, 0) is 10.0 Å². The van der Waals surface area contributed by atoms with Gasteiger partial charge in [-0.3, -0.25) is 0 Å². The largest absolute Gasteiger partial charge is 0.545 e. The maximum atomic E-state index is 13.0. The number of halogens is 2. The van der Waals surface area contributed by atoms with Gasteiger partial charge in [0.15, 0.2) is 0 Å². The smallest absolute Gasteiger partial charge is 0.244 e. The summed E-state index contributed by atoms with van der Waals surface area (Å²) in [5.74, 6) is -1.81. The summed E-state index contributed by atoms with van der Waals surface area (Å²) in [6.07, 6.45) is 0. The van der Waals surface area contributed by atoms with E-state index in [-0.39, 0.29) is 34.4 Å². The molecule has 0 unspecified atom stereocenters. The van der Waals surface area contributed by atoms with Crippen LogP contribution in [0.25, 0.3) is 0 Å². The molecule has 2 aromatic carbocycles. The Bertz CT molecular complexity index is 926. The van der Waals surface area contributed by atoms with E-state index in [0.717, 1.165) is 11.8 Å². The van der Waals surface area contributed by atoms with Crippen LogP contribution < -0.4 is 10.0 Å². The van der Waals surface area contributed by atoms with Crippen molar-refractivity contribution in [3.63, 3.8) is 0 Å². The van der Waals surface area contributed by atoms with E-state index in [1.54, 1.807) is 12.1 Å². The van der Waals surface area contributed by atoms with E-state index in [9.17, 15) is 22.7 Å². The molecule has 1 aliphatic rings. The summed E-state index contributed by atoms with van der Waals surface area (Å²) in [5.41, 5.74) is 0.554. The first-order valence-corrected chi connectivity index (χ1v) is 9.62. The van der Waals surface area contributed by atoms with E-state index < -0.39 is 16.0 Å². The first-order chi connectivity index (χ1) is 12.3. The number of rotatable bonds is 4. The van der Waals surface area contributed by atoms with Crippen LogP contribution in [-0.4, -0.2) is 44.9 Å². The Morgan fingerprint density at radius 1 is 1.04 bits per heavy atom. The Morgan fingerprint density at radius 2 is 1.65 bits per heavy atom. The number of carboxylic acid groups (broad SMARTS) is 1. The van der Waals surface area contributed by atoms with Gasteiger partial charge >= 0.3 is 0 Å². The fraction of sp³-hybridized carbons (Fsp3) is 0.235. The summed E-state index contributed by atoms with van der Waals surface area (Å²) in [6, 6.07) is 9.42. The molecule has 1 aliphatic heterocycles. The van der Waals surface area contributed by atoms with Crippen LogP contribution in [0.2, 0.25) is 5.02 Å². The molecule has 0 radical (unpaired) electrons. The van der Waals surface area contributed by atoms with Crippen LogP contribution in [0.3, 0.4) is 0 Å². The number of sulfonamides is 1. The van der Waals surface area contributed by atoms with Crippen LogP contribution in [0.15, 0.2) is 47.4 Å². The van der Waals surface area contributed by atoms with Gasteiger partial charge in [-0.2, -0.15) is 4.31 Å². The summed E-state index contributed by atoms with van der Waals surface area (Å²) in [5, 5.41) is 11.0. The molecule has 1 heterocycles. The third kappa shape index (κ3) is 3.67. The third-order valence-corrected chi connectivity index (χ3v) is 6.60. The first-order valence-electron chi connectivity index (χ1n) is 7.80. The second-order valence-corrected chi connectivity index (χ2v) is 8.11. The van der Waals surface area contributed by atoms with Crippen molar-refractivity contribution in [1.29, 1.82) is 0 Å². The van der Waals surface area contributed by atoms with Crippen molar-refractivity contribution in [2.75, 3.05) is 31.1 Å². The predicted octanol–water partition coefficient (Wildman–Crippen LogP) is 1.35. The number of aromatic carboxylic acids is 1. The van der Waals surface area contributed by atoms with Crippen LogP contribution in [0.4, 0.5) is 10.1 Å². The summed E-state index contributed by atoms with van der Waals surface area (Å²) < 4.78 is 39.9. The zero-order valence-corrected chi connectivity index (χ0v) is 15.1. The van der Waals surface area contributed by atoms with Crippen molar-refractivity contribution in [3.8, 4) is 0 Å². The molecule has 9 heteroatoms. The SMILES string of the molecule is O=C([O-])c1ccc(Cl)c(S(=O)(=O)N2CCN(c3ccc(F)cc3)CC2)c1. The standard InChI is InChI=1S/C17H16ClFN2O4S/c18-15-6-1-12(17(22)23)11-16(15)26(24,25)21-9-7-20(8-10-21)14-4-2-13(19)3-5-14/h1-6,11H,7-10H2,(H,22,23)/p-1. The number of nitrogens with zero attached hydrogens (tertiary/aromatic N) is 2. The molecule has 1 saturated heterocycles. The molecule has 0 amide bonds. The van der Waals surface area contributed by atoms with Crippen LogP contribution in [0, 0.1) is 5.82 Å². The van der Waals surface area contributed by atoms with Gasteiger partial charge in [0.1, 0.15) is 10.7 Å². The molecular formula is C17H15ClFN2O4S-. The van der Waals surface area contributed by atoms with Gasteiger partial charge in [0, 0.05) is 31.9 Å². The Morgan fingerprint density at radius 3 is 2.23 bits per heavy atom. The Balaban J connectivity index is 1.79. The Labute approximate surface area is 155 Å². The highest BCUT2D eigenvalue weighted by Gasteiger charge is 2.30. The molecule has 0 N–H and O–H groups in total. The molecule has 0 aromatic heterocycles. The second-order valence-electron chi connectivity index (χ2n) is 5.80. The summed E-state index contributed by atoms with van der Waals surface area (Å²) in [4.78, 5) is 12.7. The first kappa shape index (κ1) is 18.6. The van der Waals surface area contributed by atoms with E-state index in [0.29, 0.717) is 13.1 Å². The summed E-state index contributed by atoms with van der Waals surface area (Å²) >= 11 is 5.98. The zero-order valence-electron chi connectivity index (χ0n) is 13.6. The molecule has 0 spiro atoms. The van der Waals surface area contributed by atoms with Gasteiger partial charge in [-0.05, 0) is 42.0 Å². The predicted molar refractivity (Wildman–Crippen MR) is 93.2 cm³/mol. The molecule has 0 bridgehead atoms. The molecule has 1 fully saturated rings. The van der Waals surface area contributed by atoms with E-state index in [1.165, 1.54) is 28.6 Å². The molecule has 0 saturated carbocycles. The maximum Gasteiger partial charge on any atom is 0.244 e. The van der Waals surface area contributed by atoms with Gasteiger partial charge in [0.25, 0.3) is 0 Å². The number of hydrogen-bond acceptors (Lipinski definition) is 5. The molecular weight excluding hydrogens is 383 g/mol. The Kier molecular flexibility index (Phi) is 5.17.